The van der Waals surface area contributed by atoms with Crippen molar-refractivity contribution in [3.8, 4) is 66.8 Å². The van der Waals surface area contributed by atoms with Crippen molar-refractivity contribution in [3.05, 3.63) is 158 Å². The number of fused-ring (bicyclic) bond motifs is 5. The zero-order valence-corrected chi connectivity index (χ0v) is 26.7. The van der Waals surface area contributed by atoms with Gasteiger partial charge in [-0.1, -0.05) is 104 Å². The third-order valence-electron chi connectivity index (χ3n) is 10.4. The monoisotopic (exact) mass is 618 g/mol. The Labute approximate surface area is 281 Å². The predicted molar refractivity (Wildman–Crippen MR) is 194 cm³/mol. The van der Waals surface area contributed by atoms with Crippen LogP contribution in [0.2, 0.25) is 0 Å². The first-order valence-corrected chi connectivity index (χ1v) is 16.9. The lowest BCUT2D eigenvalue weighted by atomic mass is 9.68. The van der Waals surface area contributed by atoms with Gasteiger partial charge in [0.05, 0.1) is 0 Å². The molecule has 7 aromatic rings. The van der Waals surface area contributed by atoms with E-state index >= 15 is 0 Å². The molecule has 0 atom stereocenters. The van der Waals surface area contributed by atoms with E-state index in [0.29, 0.717) is 0 Å². The summed E-state index contributed by atoms with van der Waals surface area (Å²) in [7, 11) is 0. The second-order valence-corrected chi connectivity index (χ2v) is 13.1. The Morgan fingerprint density at radius 3 is 1.58 bits per heavy atom. The van der Waals surface area contributed by atoms with Gasteiger partial charge in [-0.05, 0) is 104 Å². The second-order valence-electron chi connectivity index (χ2n) is 13.1. The van der Waals surface area contributed by atoms with E-state index in [0.717, 1.165) is 38.9 Å². The summed E-state index contributed by atoms with van der Waals surface area (Å²) in [6, 6.07) is 40.7. The summed E-state index contributed by atoms with van der Waals surface area (Å²) in [4.78, 5) is 17.0. The quantitative estimate of drug-likeness (QED) is 0.193. The Morgan fingerprint density at radius 1 is 0.375 bits per heavy atom. The third kappa shape index (κ3) is 4.84. The van der Waals surface area contributed by atoms with Gasteiger partial charge in [-0.15, -0.1) is 0 Å². The molecule has 1 fully saturated rings. The minimum Gasteiger partial charge on any atom is -0.244 e. The van der Waals surface area contributed by atoms with Crippen LogP contribution in [-0.4, -0.2) is 19.9 Å². The Balaban J connectivity index is 1.16. The molecule has 5 aromatic carbocycles. The SMILES string of the molecule is c1cc(-c2cc(-c3ccc(-c4cncnc4)cc3)cc(-c3cncnc3)c2)cc(-c2cccc3c2-c2ccccc2C32CCCCC2)c1. The maximum absolute atomic E-state index is 4.33. The van der Waals surface area contributed by atoms with Crippen molar-refractivity contribution >= 4 is 0 Å². The van der Waals surface area contributed by atoms with Crippen LogP contribution in [0.3, 0.4) is 0 Å². The highest BCUT2D eigenvalue weighted by atomic mass is 14.8. The van der Waals surface area contributed by atoms with Gasteiger partial charge in [0, 0.05) is 41.3 Å². The molecule has 0 saturated heterocycles. The number of aromatic nitrogens is 4. The van der Waals surface area contributed by atoms with Gasteiger partial charge >= 0.3 is 0 Å². The van der Waals surface area contributed by atoms with Crippen molar-refractivity contribution < 1.29 is 0 Å². The highest BCUT2D eigenvalue weighted by Crippen LogP contribution is 2.57. The predicted octanol–water partition coefficient (Wildman–Crippen LogP) is 10.8. The van der Waals surface area contributed by atoms with Gasteiger partial charge in [-0.25, -0.2) is 19.9 Å². The van der Waals surface area contributed by atoms with E-state index in [1.165, 1.54) is 71.0 Å². The average molecular weight is 619 g/mol. The standard InChI is InChI=1S/C44H34N4/c1-4-18-44(19-5-1)41-12-3-2-10-40(41)43-39(11-7-13-42(43)44)33-9-6-8-32(20-33)35-21-34(22-36(23-35)38-26-47-29-48-27-38)30-14-16-31(17-15-30)37-24-45-28-46-25-37/h2-3,6-17,20-29H,1,4-5,18-19H2. The molecule has 2 aliphatic carbocycles. The Hall–Kier alpha value is -5.74. The second kappa shape index (κ2) is 11.8. The molecule has 0 aliphatic heterocycles. The van der Waals surface area contributed by atoms with E-state index < -0.39 is 0 Å². The summed E-state index contributed by atoms with van der Waals surface area (Å²) >= 11 is 0. The van der Waals surface area contributed by atoms with Crippen LogP contribution >= 0.6 is 0 Å². The summed E-state index contributed by atoms with van der Waals surface area (Å²) in [5.41, 5.74) is 17.4. The largest absolute Gasteiger partial charge is 0.244 e. The molecule has 0 radical (unpaired) electrons. The summed E-state index contributed by atoms with van der Waals surface area (Å²) in [6.07, 6.45) is 17.0. The fourth-order valence-electron chi connectivity index (χ4n) is 8.18. The smallest absolute Gasteiger partial charge is 0.115 e. The fourth-order valence-corrected chi connectivity index (χ4v) is 8.18. The highest BCUT2D eigenvalue weighted by molar-refractivity contribution is 5.94. The van der Waals surface area contributed by atoms with Crippen molar-refractivity contribution in [1.29, 1.82) is 0 Å². The average Bonchev–Trinajstić information content (AvgIpc) is 3.44. The molecule has 0 bridgehead atoms. The highest BCUT2D eigenvalue weighted by Gasteiger charge is 2.44. The number of rotatable bonds is 5. The normalized spacial score (nSPS) is 14.4. The van der Waals surface area contributed by atoms with Gasteiger partial charge in [0.1, 0.15) is 12.7 Å². The molecular weight excluding hydrogens is 585 g/mol. The van der Waals surface area contributed by atoms with Gasteiger partial charge in [0.25, 0.3) is 0 Å². The molecule has 2 aromatic heterocycles. The van der Waals surface area contributed by atoms with Crippen LogP contribution in [0.15, 0.2) is 147 Å². The first kappa shape index (κ1) is 28.5. The van der Waals surface area contributed by atoms with E-state index in [-0.39, 0.29) is 5.41 Å². The lowest BCUT2D eigenvalue weighted by Crippen LogP contribution is -2.27. The van der Waals surface area contributed by atoms with E-state index in [2.05, 4.69) is 129 Å². The Morgan fingerprint density at radius 2 is 0.875 bits per heavy atom. The molecule has 0 amide bonds. The summed E-state index contributed by atoms with van der Waals surface area (Å²) in [6.45, 7) is 0. The Bertz CT molecular complexity index is 2250. The molecule has 4 nitrogen and oxygen atoms in total. The van der Waals surface area contributed by atoms with E-state index in [9.17, 15) is 0 Å². The molecule has 1 spiro atoms. The molecule has 48 heavy (non-hydrogen) atoms. The van der Waals surface area contributed by atoms with E-state index in [1.807, 2.05) is 24.8 Å². The summed E-state index contributed by atoms with van der Waals surface area (Å²) in [5, 5.41) is 0. The molecule has 230 valence electrons. The molecule has 0 N–H and O–H groups in total. The fraction of sp³-hybridized carbons (Fsp3) is 0.136. The Kier molecular flexibility index (Phi) is 7.01. The molecule has 0 unspecified atom stereocenters. The number of hydrogen-bond acceptors (Lipinski definition) is 4. The van der Waals surface area contributed by atoms with Crippen LogP contribution in [-0.2, 0) is 5.41 Å². The lowest BCUT2D eigenvalue weighted by Gasteiger charge is -2.36. The number of benzene rings is 5. The van der Waals surface area contributed by atoms with Crippen LogP contribution in [0.1, 0.15) is 43.2 Å². The number of hydrogen-bond donors (Lipinski definition) is 0. The maximum Gasteiger partial charge on any atom is 0.115 e. The minimum absolute atomic E-state index is 0.141. The van der Waals surface area contributed by atoms with Gasteiger partial charge in [-0.3, -0.25) is 0 Å². The van der Waals surface area contributed by atoms with Crippen LogP contribution in [0, 0.1) is 0 Å². The zero-order valence-electron chi connectivity index (χ0n) is 26.7. The molecule has 9 rings (SSSR count). The molecular formula is C44H34N4. The van der Waals surface area contributed by atoms with Crippen molar-refractivity contribution in [1.82, 2.24) is 19.9 Å². The van der Waals surface area contributed by atoms with Crippen molar-refractivity contribution in [2.45, 2.75) is 37.5 Å². The lowest BCUT2D eigenvalue weighted by molar-refractivity contribution is 0.353. The molecule has 4 heteroatoms. The van der Waals surface area contributed by atoms with Crippen LogP contribution < -0.4 is 0 Å². The topological polar surface area (TPSA) is 51.6 Å². The van der Waals surface area contributed by atoms with E-state index in [4.69, 9.17) is 0 Å². The number of nitrogens with zero attached hydrogens (tertiary/aromatic N) is 4. The van der Waals surface area contributed by atoms with E-state index in [1.54, 1.807) is 12.7 Å². The van der Waals surface area contributed by atoms with Gasteiger partial charge in [0.2, 0.25) is 0 Å². The van der Waals surface area contributed by atoms with Crippen molar-refractivity contribution in [3.63, 3.8) is 0 Å². The first-order valence-electron chi connectivity index (χ1n) is 16.9. The zero-order chi connectivity index (χ0) is 31.9. The third-order valence-corrected chi connectivity index (χ3v) is 10.4. The van der Waals surface area contributed by atoms with Gasteiger partial charge < -0.3 is 0 Å². The maximum atomic E-state index is 4.33. The van der Waals surface area contributed by atoms with Crippen molar-refractivity contribution in [2.24, 2.45) is 0 Å². The summed E-state index contributed by atoms with van der Waals surface area (Å²) in [5.74, 6) is 0. The van der Waals surface area contributed by atoms with Crippen LogP contribution in [0.5, 0.6) is 0 Å². The summed E-state index contributed by atoms with van der Waals surface area (Å²) < 4.78 is 0. The first-order chi connectivity index (χ1) is 23.8. The van der Waals surface area contributed by atoms with Crippen molar-refractivity contribution in [2.75, 3.05) is 0 Å². The van der Waals surface area contributed by atoms with Gasteiger partial charge in [0.15, 0.2) is 0 Å². The van der Waals surface area contributed by atoms with Gasteiger partial charge in [-0.2, -0.15) is 0 Å². The van der Waals surface area contributed by atoms with Crippen LogP contribution in [0.25, 0.3) is 66.8 Å². The molecule has 2 heterocycles. The molecule has 2 aliphatic rings. The van der Waals surface area contributed by atoms with Crippen LogP contribution in [0.4, 0.5) is 0 Å². The molecule has 1 saturated carbocycles. The minimum atomic E-state index is 0.141.